The fraction of sp³-hybridized carbons (Fsp3) is 0. The van der Waals surface area contributed by atoms with E-state index in [9.17, 15) is 10.1 Å². The normalized spacial score (nSPS) is 11.4. The molecule has 0 aliphatic carbocycles. The van der Waals surface area contributed by atoms with Crippen molar-refractivity contribution in [2.75, 3.05) is 0 Å². The molecule has 8 heteroatoms. The first-order valence-corrected chi connectivity index (χ1v) is 3.72. The van der Waals surface area contributed by atoms with E-state index in [0.717, 1.165) is 12.3 Å². The summed E-state index contributed by atoms with van der Waals surface area (Å²) in [5.74, 6) is -0.301. The number of hydrogen-bond acceptors (Lipinski definition) is 5. The Labute approximate surface area is 83.0 Å². The zero-order valence-electron chi connectivity index (χ0n) is 6.72. The van der Waals surface area contributed by atoms with Crippen molar-refractivity contribution in [2.45, 2.75) is 0 Å². The lowest BCUT2D eigenvalue weighted by molar-refractivity contribution is -0.385. The molecule has 1 heterocycles. The minimum atomic E-state index is -0.644. The van der Waals surface area contributed by atoms with E-state index in [-0.39, 0.29) is 22.2 Å². The van der Waals surface area contributed by atoms with Crippen molar-refractivity contribution in [1.29, 1.82) is 0 Å². The van der Waals surface area contributed by atoms with Gasteiger partial charge in [0.15, 0.2) is 5.84 Å². The van der Waals surface area contributed by atoms with Crippen LogP contribution >= 0.6 is 11.6 Å². The third-order valence-corrected chi connectivity index (χ3v) is 1.68. The van der Waals surface area contributed by atoms with Gasteiger partial charge in [-0.05, 0) is 0 Å². The zero-order valence-corrected chi connectivity index (χ0v) is 7.47. The third kappa shape index (κ3) is 1.88. The standard InChI is InChI=1S/C6H5ClN4O3/c7-4-1-3(11(13)14)2-9-5(4)6(8)10-12/h1-2,12H,(H2,8,10). The van der Waals surface area contributed by atoms with Crippen molar-refractivity contribution in [2.24, 2.45) is 10.9 Å². The second kappa shape index (κ2) is 3.88. The quantitative estimate of drug-likeness (QED) is 0.249. The van der Waals surface area contributed by atoms with Gasteiger partial charge in [-0.25, -0.2) is 4.98 Å². The number of nitrogens with zero attached hydrogens (tertiary/aromatic N) is 3. The first kappa shape index (κ1) is 10.2. The van der Waals surface area contributed by atoms with Gasteiger partial charge in [0.05, 0.1) is 9.95 Å². The fourth-order valence-corrected chi connectivity index (χ4v) is 1.02. The summed E-state index contributed by atoms with van der Waals surface area (Å²) in [6.07, 6.45) is 0.971. The van der Waals surface area contributed by atoms with Gasteiger partial charge in [-0.15, -0.1) is 0 Å². The highest BCUT2D eigenvalue weighted by Gasteiger charge is 2.13. The molecular formula is C6H5ClN4O3. The number of hydrogen-bond donors (Lipinski definition) is 2. The lowest BCUT2D eigenvalue weighted by atomic mass is 10.3. The van der Waals surface area contributed by atoms with Crippen LogP contribution in [-0.4, -0.2) is 21.0 Å². The first-order valence-electron chi connectivity index (χ1n) is 3.34. The third-order valence-electron chi connectivity index (χ3n) is 1.39. The van der Waals surface area contributed by atoms with Crippen LogP contribution in [0.3, 0.4) is 0 Å². The van der Waals surface area contributed by atoms with Crippen LogP contribution in [0.5, 0.6) is 0 Å². The lowest BCUT2D eigenvalue weighted by Crippen LogP contribution is -2.15. The Morgan fingerprint density at radius 1 is 1.79 bits per heavy atom. The highest BCUT2D eigenvalue weighted by Crippen LogP contribution is 2.19. The molecule has 74 valence electrons. The number of nitro groups is 1. The Hall–Kier alpha value is -1.89. The second-order valence-corrected chi connectivity index (χ2v) is 2.67. The topological polar surface area (TPSA) is 115 Å². The van der Waals surface area contributed by atoms with E-state index in [2.05, 4.69) is 10.1 Å². The minimum Gasteiger partial charge on any atom is -0.409 e. The van der Waals surface area contributed by atoms with Gasteiger partial charge in [0.25, 0.3) is 5.69 Å². The van der Waals surface area contributed by atoms with E-state index in [1.54, 1.807) is 0 Å². The average Bonchev–Trinajstić information content (AvgIpc) is 2.16. The summed E-state index contributed by atoms with van der Waals surface area (Å²) in [6, 6.07) is 1.07. The molecule has 0 radical (unpaired) electrons. The van der Waals surface area contributed by atoms with Crippen molar-refractivity contribution in [3.05, 3.63) is 33.1 Å². The summed E-state index contributed by atoms with van der Waals surface area (Å²) >= 11 is 5.61. The molecule has 1 aromatic heterocycles. The molecule has 0 aliphatic rings. The van der Waals surface area contributed by atoms with Gasteiger partial charge >= 0.3 is 0 Å². The number of aromatic nitrogens is 1. The number of rotatable bonds is 2. The Morgan fingerprint density at radius 3 is 2.86 bits per heavy atom. The molecule has 0 spiro atoms. The van der Waals surface area contributed by atoms with Crippen LogP contribution in [0.25, 0.3) is 0 Å². The molecular weight excluding hydrogens is 212 g/mol. The van der Waals surface area contributed by atoms with Gasteiger partial charge in [-0.2, -0.15) is 0 Å². The highest BCUT2D eigenvalue weighted by molar-refractivity contribution is 6.33. The maximum Gasteiger partial charge on any atom is 0.289 e. The predicted octanol–water partition coefficient (Wildman–Crippen LogP) is 0.738. The molecule has 0 saturated carbocycles. The highest BCUT2D eigenvalue weighted by atomic mass is 35.5. The van der Waals surface area contributed by atoms with Crippen LogP contribution < -0.4 is 5.73 Å². The largest absolute Gasteiger partial charge is 0.409 e. The number of nitrogens with two attached hydrogens (primary N) is 1. The molecule has 0 atom stereocenters. The van der Waals surface area contributed by atoms with Crippen LogP contribution in [0.1, 0.15) is 5.69 Å². The molecule has 14 heavy (non-hydrogen) atoms. The van der Waals surface area contributed by atoms with Gasteiger partial charge in [0.2, 0.25) is 0 Å². The van der Waals surface area contributed by atoms with Gasteiger partial charge in [0.1, 0.15) is 11.9 Å². The average molecular weight is 217 g/mol. The Morgan fingerprint density at radius 2 is 2.43 bits per heavy atom. The van der Waals surface area contributed by atoms with Crippen LogP contribution in [0.2, 0.25) is 5.02 Å². The molecule has 3 N–H and O–H groups in total. The molecule has 0 fully saturated rings. The van der Waals surface area contributed by atoms with Crippen molar-refractivity contribution in [1.82, 2.24) is 4.98 Å². The molecule has 1 aromatic rings. The van der Waals surface area contributed by atoms with E-state index in [4.69, 9.17) is 22.5 Å². The summed E-state index contributed by atoms with van der Waals surface area (Å²) in [5.41, 5.74) is 4.94. The van der Waals surface area contributed by atoms with Crippen molar-refractivity contribution < 1.29 is 10.1 Å². The molecule has 0 saturated heterocycles. The minimum absolute atomic E-state index is 0.000216. The number of oxime groups is 1. The number of pyridine rings is 1. The maximum absolute atomic E-state index is 10.3. The summed E-state index contributed by atoms with van der Waals surface area (Å²) in [6.45, 7) is 0. The van der Waals surface area contributed by atoms with Crippen LogP contribution in [-0.2, 0) is 0 Å². The first-order chi connectivity index (χ1) is 6.56. The molecule has 0 aromatic carbocycles. The molecule has 0 amide bonds. The molecule has 0 unspecified atom stereocenters. The molecule has 7 nitrogen and oxygen atoms in total. The van der Waals surface area contributed by atoms with E-state index in [1.165, 1.54) is 0 Å². The van der Waals surface area contributed by atoms with Gasteiger partial charge in [-0.1, -0.05) is 16.8 Å². The van der Waals surface area contributed by atoms with Crippen LogP contribution in [0.15, 0.2) is 17.4 Å². The fourth-order valence-electron chi connectivity index (χ4n) is 0.764. The van der Waals surface area contributed by atoms with Crippen molar-refractivity contribution in [3.63, 3.8) is 0 Å². The Kier molecular flexibility index (Phi) is 2.82. The summed E-state index contributed by atoms with van der Waals surface area (Å²) in [4.78, 5) is 13.2. The van der Waals surface area contributed by atoms with Crippen LogP contribution in [0, 0.1) is 10.1 Å². The smallest absolute Gasteiger partial charge is 0.289 e. The lowest BCUT2D eigenvalue weighted by Gasteiger charge is -1.99. The maximum atomic E-state index is 10.3. The number of amidine groups is 1. The Bertz CT molecular complexity index is 406. The monoisotopic (exact) mass is 216 g/mol. The summed E-state index contributed by atoms with van der Waals surface area (Å²) in [5, 5.41) is 21.2. The molecule has 1 rings (SSSR count). The van der Waals surface area contributed by atoms with Crippen LogP contribution in [0.4, 0.5) is 5.69 Å². The van der Waals surface area contributed by atoms with Crippen molar-refractivity contribution >= 4 is 23.1 Å². The number of halogens is 1. The summed E-state index contributed by atoms with van der Waals surface area (Å²) < 4.78 is 0. The van der Waals surface area contributed by atoms with E-state index in [0.29, 0.717) is 0 Å². The zero-order chi connectivity index (χ0) is 10.7. The van der Waals surface area contributed by atoms with Gasteiger partial charge in [-0.3, -0.25) is 10.1 Å². The van der Waals surface area contributed by atoms with Gasteiger partial charge < -0.3 is 10.9 Å². The SMILES string of the molecule is N/C(=N\O)c1ncc([N+](=O)[O-])cc1Cl. The van der Waals surface area contributed by atoms with E-state index in [1.807, 2.05) is 0 Å². The van der Waals surface area contributed by atoms with E-state index >= 15 is 0 Å². The predicted molar refractivity (Wildman–Crippen MR) is 48.4 cm³/mol. The Balaban J connectivity index is 3.20. The van der Waals surface area contributed by atoms with E-state index < -0.39 is 4.92 Å². The summed E-state index contributed by atoms with van der Waals surface area (Å²) in [7, 11) is 0. The van der Waals surface area contributed by atoms with Gasteiger partial charge in [0, 0.05) is 6.07 Å². The second-order valence-electron chi connectivity index (χ2n) is 2.27. The molecule has 0 aliphatic heterocycles. The van der Waals surface area contributed by atoms with Crippen molar-refractivity contribution in [3.8, 4) is 0 Å². The molecule has 0 bridgehead atoms.